The third-order valence-electron chi connectivity index (χ3n) is 2.06. The molecule has 1 aromatic rings. The van der Waals surface area contributed by atoms with E-state index >= 15 is 0 Å². The second-order valence-electron chi connectivity index (χ2n) is 3.40. The number of hydrogen-bond donors (Lipinski definition) is 2. The summed E-state index contributed by atoms with van der Waals surface area (Å²) in [4.78, 5) is -0.425. The van der Waals surface area contributed by atoms with Crippen LogP contribution in [0.4, 0.5) is 4.39 Å². The van der Waals surface area contributed by atoms with E-state index in [9.17, 15) is 12.8 Å². The maximum absolute atomic E-state index is 13.4. The Hall–Kier alpha value is -0.690. The molecule has 0 atom stereocenters. The van der Waals surface area contributed by atoms with Gasteiger partial charge in [0.2, 0.25) is 10.0 Å². The van der Waals surface area contributed by atoms with Gasteiger partial charge in [-0.15, -0.1) is 0 Å². The monoisotopic (exact) mass is 281 g/mol. The third-order valence-corrected chi connectivity index (χ3v) is 3.79. The fourth-order valence-electron chi connectivity index (χ4n) is 1.21. The van der Waals surface area contributed by atoms with E-state index in [1.807, 2.05) is 0 Å². The maximum Gasteiger partial charge on any atom is 0.243 e. The van der Waals surface area contributed by atoms with Crippen LogP contribution in [0.25, 0.3) is 0 Å². The highest BCUT2D eigenvalue weighted by molar-refractivity contribution is 7.89. The first-order chi connectivity index (χ1) is 7.97. The summed E-state index contributed by atoms with van der Waals surface area (Å²) in [6.07, 6.45) is 0.983. The van der Waals surface area contributed by atoms with Crippen LogP contribution in [0.15, 0.2) is 23.1 Å². The molecule has 0 aliphatic carbocycles. The van der Waals surface area contributed by atoms with Crippen LogP contribution in [0.1, 0.15) is 12.8 Å². The van der Waals surface area contributed by atoms with Crippen molar-refractivity contribution < 1.29 is 17.9 Å². The Labute approximate surface area is 104 Å². The minimum absolute atomic E-state index is 0.00294. The Balaban J connectivity index is 2.76. The van der Waals surface area contributed by atoms with E-state index in [1.165, 1.54) is 6.07 Å². The van der Waals surface area contributed by atoms with E-state index in [-0.39, 0.29) is 18.2 Å². The molecule has 0 spiro atoms. The second-order valence-corrected chi connectivity index (χ2v) is 5.58. The number of benzene rings is 1. The van der Waals surface area contributed by atoms with Gasteiger partial charge in [-0.25, -0.2) is 17.5 Å². The van der Waals surface area contributed by atoms with Gasteiger partial charge in [0.15, 0.2) is 0 Å². The summed E-state index contributed by atoms with van der Waals surface area (Å²) >= 11 is 5.53. The SMILES string of the molecule is O=S(=O)(NCCCCO)c1ccc(Cl)cc1F. The number of aliphatic hydroxyl groups is 1. The van der Waals surface area contributed by atoms with Crippen molar-refractivity contribution in [1.29, 1.82) is 0 Å². The molecule has 0 aromatic heterocycles. The van der Waals surface area contributed by atoms with Crippen molar-refractivity contribution in [3.8, 4) is 0 Å². The lowest BCUT2D eigenvalue weighted by atomic mass is 10.3. The Morgan fingerprint density at radius 3 is 2.65 bits per heavy atom. The Morgan fingerprint density at radius 2 is 2.06 bits per heavy atom. The molecule has 0 bridgehead atoms. The molecule has 4 nitrogen and oxygen atoms in total. The van der Waals surface area contributed by atoms with Gasteiger partial charge in [-0.2, -0.15) is 0 Å². The molecule has 0 saturated carbocycles. The Kier molecular flexibility index (Phi) is 5.32. The van der Waals surface area contributed by atoms with Gasteiger partial charge >= 0.3 is 0 Å². The zero-order valence-corrected chi connectivity index (χ0v) is 10.6. The third kappa shape index (κ3) is 4.23. The molecular weight excluding hydrogens is 269 g/mol. The van der Waals surface area contributed by atoms with Crippen molar-refractivity contribution in [2.75, 3.05) is 13.2 Å². The van der Waals surface area contributed by atoms with Gasteiger partial charge in [0.05, 0.1) is 0 Å². The normalized spacial score (nSPS) is 11.7. The van der Waals surface area contributed by atoms with Crippen LogP contribution < -0.4 is 4.72 Å². The summed E-state index contributed by atoms with van der Waals surface area (Å²) in [5, 5.41) is 8.68. The lowest BCUT2D eigenvalue weighted by Crippen LogP contribution is -2.25. The van der Waals surface area contributed by atoms with Gasteiger partial charge in [0.1, 0.15) is 10.7 Å². The highest BCUT2D eigenvalue weighted by Crippen LogP contribution is 2.18. The van der Waals surface area contributed by atoms with Crippen LogP contribution in [0.2, 0.25) is 5.02 Å². The lowest BCUT2D eigenvalue weighted by Gasteiger charge is -2.07. The number of unbranched alkanes of at least 4 members (excludes halogenated alkanes) is 1. The first kappa shape index (κ1) is 14.4. The zero-order valence-electron chi connectivity index (χ0n) is 8.99. The maximum atomic E-state index is 13.4. The molecule has 0 aliphatic rings. The van der Waals surface area contributed by atoms with Crippen molar-refractivity contribution in [2.24, 2.45) is 0 Å². The average molecular weight is 282 g/mol. The Bertz CT molecular complexity index is 478. The molecule has 1 rings (SSSR count). The van der Waals surface area contributed by atoms with Crippen molar-refractivity contribution in [1.82, 2.24) is 4.72 Å². The van der Waals surface area contributed by atoms with Gasteiger partial charge < -0.3 is 5.11 Å². The number of sulfonamides is 1. The van der Waals surface area contributed by atoms with Crippen LogP contribution in [0, 0.1) is 5.82 Å². The number of halogens is 2. The summed E-state index contributed by atoms with van der Waals surface area (Å²) in [6.45, 7) is 0.155. The molecule has 0 radical (unpaired) electrons. The molecule has 2 N–H and O–H groups in total. The molecule has 0 aliphatic heterocycles. The fourth-order valence-corrected chi connectivity index (χ4v) is 2.50. The topological polar surface area (TPSA) is 66.4 Å². The molecule has 96 valence electrons. The summed E-state index contributed by atoms with van der Waals surface area (Å²) in [5.74, 6) is -0.882. The van der Waals surface area contributed by atoms with Crippen molar-refractivity contribution in [2.45, 2.75) is 17.7 Å². The molecule has 1 aromatic carbocycles. The Morgan fingerprint density at radius 1 is 1.35 bits per heavy atom. The second kappa shape index (κ2) is 6.30. The van der Waals surface area contributed by atoms with Gasteiger partial charge in [0.25, 0.3) is 0 Å². The van der Waals surface area contributed by atoms with E-state index in [0.717, 1.165) is 12.1 Å². The highest BCUT2D eigenvalue weighted by atomic mass is 35.5. The summed E-state index contributed by atoms with van der Waals surface area (Å²) < 4.78 is 39.0. The molecule has 0 unspecified atom stereocenters. The number of hydrogen-bond acceptors (Lipinski definition) is 3. The van der Waals surface area contributed by atoms with Crippen LogP contribution in [0.3, 0.4) is 0 Å². The molecule has 7 heteroatoms. The first-order valence-corrected chi connectivity index (χ1v) is 6.89. The van der Waals surface area contributed by atoms with Crippen LogP contribution in [-0.2, 0) is 10.0 Å². The van der Waals surface area contributed by atoms with Gasteiger partial charge in [0, 0.05) is 18.2 Å². The molecule has 0 saturated heterocycles. The zero-order chi connectivity index (χ0) is 12.9. The average Bonchev–Trinajstić information content (AvgIpc) is 2.24. The standard InChI is InChI=1S/C10H13ClFNO3S/c11-8-3-4-10(9(12)7-8)17(15,16)13-5-1-2-6-14/h3-4,7,13-14H,1-2,5-6H2. The van der Waals surface area contributed by atoms with Crippen molar-refractivity contribution >= 4 is 21.6 Å². The minimum Gasteiger partial charge on any atom is -0.396 e. The van der Waals surface area contributed by atoms with Crippen molar-refractivity contribution in [3.05, 3.63) is 29.0 Å². The molecular formula is C10H13ClFNO3S. The van der Waals surface area contributed by atoms with E-state index in [2.05, 4.69) is 4.72 Å². The predicted molar refractivity (Wildman–Crippen MR) is 62.9 cm³/mol. The van der Waals surface area contributed by atoms with Gasteiger partial charge in [-0.05, 0) is 31.0 Å². The quantitative estimate of drug-likeness (QED) is 0.777. The van der Waals surface area contributed by atoms with E-state index in [0.29, 0.717) is 12.8 Å². The number of rotatable bonds is 6. The molecule has 0 amide bonds. The lowest BCUT2D eigenvalue weighted by molar-refractivity contribution is 0.285. The summed E-state index contributed by atoms with van der Waals surface area (Å²) in [6, 6.07) is 3.38. The van der Waals surface area contributed by atoms with Crippen LogP contribution in [0.5, 0.6) is 0 Å². The smallest absolute Gasteiger partial charge is 0.243 e. The van der Waals surface area contributed by atoms with E-state index in [4.69, 9.17) is 16.7 Å². The number of nitrogens with one attached hydrogen (secondary N) is 1. The fraction of sp³-hybridized carbons (Fsp3) is 0.400. The van der Waals surface area contributed by atoms with Crippen molar-refractivity contribution in [3.63, 3.8) is 0 Å². The largest absolute Gasteiger partial charge is 0.396 e. The molecule has 17 heavy (non-hydrogen) atoms. The molecule has 0 fully saturated rings. The minimum atomic E-state index is -3.85. The predicted octanol–water partition coefficient (Wildman–Crippen LogP) is 1.53. The highest BCUT2D eigenvalue weighted by Gasteiger charge is 2.18. The van der Waals surface area contributed by atoms with Crippen LogP contribution >= 0.6 is 11.6 Å². The van der Waals surface area contributed by atoms with Gasteiger partial charge in [-0.1, -0.05) is 11.6 Å². The summed E-state index contributed by atoms with van der Waals surface area (Å²) in [7, 11) is -3.85. The van der Waals surface area contributed by atoms with E-state index < -0.39 is 20.7 Å². The van der Waals surface area contributed by atoms with E-state index in [1.54, 1.807) is 0 Å². The molecule has 0 heterocycles. The number of aliphatic hydroxyl groups excluding tert-OH is 1. The summed E-state index contributed by atoms with van der Waals surface area (Å²) in [5.41, 5.74) is 0. The van der Waals surface area contributed by atoms with Gasteiger partial charge in [-0.3, -0.25) is 0 Å². The first-order valence-electron chi connectivity index (χ1n) is 5.03. The van der Waals surface area contributed by atoms with Crippen LogP contribution in [-0.4, -0.2) is 26.7 Å².